The van der Waals surface area contributed by atoms with E-state index in [2.05, 4.69) is 0 Å². The maximum atomic E-state index is 14.1. The Labute approximate surface area is 121 Å². The maximum Gasteiger partial charge on any atom is 0.256 e. The summed E-state index contributed by atoms with van der Waals surface area (Å²) in [4.78, 5) is 12.5. The second kappa shape index (κ2) is 6.58. The van der Waals surface area contributed by atoms with Gasteiger partial charge in [-0.15, -0.1) is 0 Å². The fourth-order valence-corrected chi connectivity index (χ4v) is 2.85. The molecule has 0 unspecified atom stereocenters. The molecule has 1 heterocycles. The van der Waals surface area contributed by atoms with E-state index in [4.69, 9.17) is 0 Å². The van der Waals surface area contributed by atoms with Gasteiger partial charge in [-0.1, -0.05) is 30.3 Å². The Hall–Kier alpha value is -1.40. The number of likely N-dealkylation sites (tertiary alicyclic amines) is 1. The molecule has 0 radical (unpaired) electrons. The molecule has 1 aromatic carbocycles. The second-order valence-electron chi connectivity index (χ2n) is 5.39. The zero-order valence-corrected chi connectivity index (χ0v) is 11.6. The van der Waals surface area contributed by atoms with Gasteiger partial charge in [-0.25, -0.2) is 13.2 Å². The number of aliphatic hydroxyl groups excluding tert-OH is 1. The molecule has 0 spiro atoms. The molecular formula is C15H18F3NO2. The zero-order valence-electron chi connectivity index (χ0n) is 11.6. The highest BCUT2D eigenvalue weighted by molar-refractivity contribution is 5.76. The number of halogens is 3. The Morgan fingerprint density at radius 1 is 1.33 bits per heavy atom. The van der Waals surface area contributed by atoms with Gasteiger partial charge < -0.3 is 5.11 Å². The second-order valence-corrected chi connectivity index (χ2v) is 5.39. The number of ketones is 1. The van der Waals surface area contributed by atoms with Crippen LogP contribution in [0.15, 0.2) is 30.3 Å². The zero-order chi connectivity index (χ0) is 15.6. The van der Waals surface area contributed by atoms with E-state index in [9.17, 15) is 23.1 Å². The molecule has 1 aliphatic heterocycles. The first-order valence-electron chi connectivity index (χ1n) is 6.81. The largest absolute Gasteiger partial charge is 0.388 e. The minimum absolute atomic E-state index is 0.0747. The standard InChI is InChI=1S/C15H18F3NO2/c1-9(20)7-11-12(16)14(21)13(15(17)18)19(11)8-10-5-3-2-4-6-10/h2-6,11-15,21H,7-8H2,1H3/t11-,12-,13+,14+/m1/s1. The summed E-state index contributed by atoms with van der Waals surface area (Å²) in [6, 6.07) is 6.17. The van der Waals surface area contributed by atoms with Crippen LogP contribution in [0.4, 0.5) is 13.2 Å². The minimum atomic E-state index is -2.88. The van der Waals surface area contributed by atoms with Crippen molar-refractivity contribution >= 4 is 5.78 Å². The lowest BCUT2D eigenvalue weighted by Crippen LogP contribution is -2.43. The van der Waals surface area contributed by atoms with Crippen LogP contribution in [-0.2, 0) is 11.3 Å². The Balaban J connectivity index is 2.27. The van der Waals surface area contributed by atoms with Gasteiger partial charge in [0.1, 0.15) is 24.1 Å². The number of benzene rings is 1. The average Bonchev–Trinajstić information content (AvgIpc) is 2.64. The third-order valence-electron chi connectivity index (χ3n) is 3.82. The summed E-state index contributed by atoms with van der Waals surface area (Å²) in [5, 5.41) is 9.75. The molecule has 1 aliphatic rings. The summed E-state index contributed by atoms with van der Waals surface area (Å²) < 4.78 is 40.5. The van der Waals surface area contributed by atoms with Crippen molar-refractivity contribution in [3.8, 4) is 0 Å². The molecule has 0 aromatic heterocycles. The van der Waals surface area contributed by atoms with Crippen molar-refractivity contribution in [3.63, 3.8) is 0 Å². The molecule has 1 saturated heterocycles. The molecule has 0 bridgehead atoms. The van der Waals surface area contributed by atoms with Crippen LogP contribution >= 0.6 is 0 Å². The quantitative estimate of drug-likeness (QED) is 0.906. The number of Topliss-reactive ketones (excluding diaryl/α,β-unsaturated/α-hetero) is 1. The first kappa shape index (κ1) is 16.0. The van der Waals surface area contributed by atoms with Crippen molar-refractivity contribution in [2.75, 3.05) is 0 Å². The third kappa shape index (κ3) is 3.44. The van der Waals surface area contributed by atoms with Crippen LogP contribution in [0.2, 0.25) is 0 Å². The average molecular weight is 301 g/mol. The molecule has 1 N–H and O–H groups in total. The van der Waals surface area contributed by atoms with Crippen LogP contribution in [0.3, 0.4) is 0 Å². The molecule has 0 saturated carbocycles. The van der Waals surface area contributed by atoms with Gasteiger partial charge in [0.05, 0.1) is 6.04 Å². The van der Waals surface area contributed by atoms with Gasteiger partial charge >= 0.3 is 0 Å². The molecule has 116 valence electrons. The fourth-order valence-electron chi connectivity index (χ4n) is 2.85. The van der Waals surface area contributed by atoms with Crippen molar-refractivity contribution in [3.05, 3.63) is 35.9 Å². The van der Waals surface area contributed by atoms with E-state index < -0.39 is 30.8 Å². The Morgan fingerprint density at radius 3 is 2.48 bits per heavy atom. The fraction of sp³-hybridized carbons (Fsp3) is 0.533. The molecule has 21 heavy (non-hydrogen) atoms. The summed E-state index contributed by atoms with van der Waals surface area (Å²) in [7, 11) is 0. The van der Waals surface area contributed by atoms with E-state index in [0.717, 1.165) is 5.56 Å². The highest BCUT2D eigenvalue weighted by Gasteiger charge is 2.52. The Kier molecular flexibility index (Phi) is 5.00. The van der Waals surface area contributed by atoms with Crippen LogP contribution in [-0.4, -0.2) is 46.6 Å². The molecule has 4 atom stereocenters. The van der Waals surface area contributed by atoms with Gasteiger partial charge in [0.2, 0.25) is 0 Å². The van der Waals surface area contributed by atoms with Gasteiger partial charge in [-0.2, -0.15) is 0 Å². The van der Waals surface area contributed by atoms with Gasteiger partial charge in [0, 0.05) is 13.0 Å². The predicted octanol–water partition coefficient (Wildman–Crippen LogP) is 2.18. The van der Waals surface area contributed by atoms with E-state index in [1.165, 1.54) is 11.8 Å². The number of hydrogen-bond acceptors (Lipinski definition) is 3. The van der Waals surface area contributed by atoms with Gasteiger partial charge in [-0.3, -0.25) is 9.69 Å². The van der Waals surface area contributed by atoms with Crippen LogP contribution in [0.25, 0.3) is 0 Å². The molecule has 6 heteroatoms. The van der Waals surface area contributed by atoms with Crippen LogP contribution in [0, 0.1) is 0 Å². The summed E-state index contributed by atoms with van der Waals surface area (Å²) in [5.74, 6) is -0.289. The van der Waals surface area contributed by atoms with Gasteiger partial charge in [-0.05, 0) is 12.5 Å². The number of rotatable bonds is 5. The molecule has 2 rings (SSSR count). The number of hydrogen-bond donors (Lipinski definition) is 1. The summed E-state index contributed by atoms with van der Waals surface area (Å²) in [6.45, 7) is 1.36. The van der Waals surface area contributed by atoms with Crippen molar-refractivity contribution in [2.45, 2.75) is 50.7 Å². The van der Waals surface area contributed by atoms with Crippen molar-refractivity contribution < 1.29 is 23.1 Å². The third-order valence-corrected chi connectivity index (χ3v) is 3.82. The predicted molar refractivity (Wildman–Crippen MR) is 71.8 cm³/mol. The lowest BCUT2D eigenvalue weighted by molar-refractivity contribution is -0.118. The number of alkyl halides is 3. The maximum absolute atomic E-state index is 14.1. The molecule has 0 aliphatic carbocycles. The molecule has 1 aromatic rings. The van der Waals surface area contributed by atoms with Crippen molar-refractivity contribution in [2.24, 2.45) is 0 Å². The first-order chi connectivity index (χ1) is 9.91. The van der Waals surface area contributed by atoms with E-state index in [1.807, 2.05) is 0 Å². The minimum Gasteiger partial charge on any atom is -0.388 e. The van der Waals surface area contributed by atoms with Gasteiger partial charge in [0.25, 0.3) is 6.43 Å². The Bertz CT molecular complexity index is 483. The monoisotopic (exact) mass is 301 g/mol. The van der Waals surface area contributed by atoms with E-state index in [1.54, 1.807) is 30.3 Å². The van der Waals surface area contributed by atoms with Crippen molar-refractivity contribution in [1.82, 2.24) is 4.90 Å². The lowest BCUT2D eigenvalue weighted by Gasteiger charge is -2.29. The molecule has 3 nitrogen and oxygen atoms in total. The highest BCUT2D eigenvalue weighted by Crippen LogP contribution is 2.34. The molecular weight excluding hydrogens is 283 g/mol. The lowest BCUT2D eigenvalue weighted by atomic mass is 10.1. The van der Waals surface area contributed by atoms with Crippen molar-refractivity contribution in [1.29, 1.82) is 0 Å². The normalized spacial score (nSPS) is 30.0. The summed E-state index contributed by atoms with van der Waals surface area (Å²) >= 11 is 0. The number of nitrogens with zero attached hydrogens (tertiary/aromatic N) is 1. The molecule has 0 amide bonds. The van der Waals surface area contributed by atoms with E-state index in [0.29, 0.717) is 0 Å². The van der Waals surface area contributed by atoms with Crippen LogP contribution in [0.5, 0.6) is 0 Å². The topological polar surface area (TPSA) is 40.5 Å². The van der Waals surface area contributed by atoms with Gasteiger partial charge in [0.15, 0.2) is 0 Å². The SMILES string of the molecule is CC(=O)C[C@@H]1[C@@H](F)[C@H](O)[C@@H](C(F)F)N1Cc1ccccc1. The van der Waals surface area contributed by atoms with Crippen LogP contribution < -0.4 is 0 Å². The summed E-state index contributed by atoms with van der Waals surface area (Å²) in [6.07, 6.45) is -6.69. The Morgan fingerprint density at radius 2 is 1.95 bits per heavy atom. The first-order valence-corrected chi connectivity index (χ1v) is 6.81. The number of carbonyl (C=O) groups is 1. The number of aliphatic hydroxyl groups is 1. The highest BCUT2D eigenvalue weighted by atomic mass is 19.3. The molecule has 1 fully saturated rings. The van der Waals surface area contributed by atoms with E-state index in [-0.39, 0.29) is 18.7 Å². The number of carbonyl (C=O) groups excluding carboxylic acids is 1. The summed E-state index contributed by atoms with van der Waals surface area (Å²) in [5.41, 5.74) is 0.734. The smallest absolute Gasteiger partial charge is 0.256 e. The van der Waals surface area contributed by atoms with Crippen LogP contribution in [0.1, 0.15) is 18.9 Å². The van der Waals surface area contributed by atoms with E-state index >= 15 is 0 Å².